The molecule has 1 heterocycles. The van der Waals surface area contributed by atoms with Gasteiger partial charge in [-0.15, -0.1) is 0 Å². The van der Waals surface area contributed by atoms with E-state index in [1.54, 1.807) is 21.3 Å². The van der Waals surface area contributed by atoms with Crippen molar-refractivity contribution < 1.29 is 24.1 Å². The normalized spacial score (nSPS) is 17.7. The number of aromatic hydroxyl groups is 1. The first-order chi connectivity index (χ1) is 14.2. The fraction of sp³-hybridized carbons (Fsp3) is 0.500. The van der Waals surface area contributed by atoms with Crippen molar-refractivity contribution in [2.45, 2.75) is 52.6 Å². The van der Waals surface area contributed by atoms with Gasteiger partial charge in [-0.3, -0.25) is 0 Å². The summed E-state index contributed by atoms with van der Waals surface area (Å²) in [6, 6.07) is 3.81. The smallest absolute Gasteiger partial charge is 0.203 e. The van der Waals surface area contributed by atoms with E-state index < -0.39 is 0 Å². The van der Waals surface area contributed by atoms with Crippen LogP contribution in [0.2, 0.25) is 0 Å². The lowest BCUT2D eigenvalue weighted by atomic mass is 9.85. The summed E-state index contributed by atoms with van der Waals surface area (Å²) < 4.78 is 22.8. The minimum absolute atomic E-state index is 0.277. The highest BCUT2D eigenvalue weighted by Crippen LogP contribution is 2.44. The number of phenolic OH excluding ortho intramolecular Hbond substituents is 1. The van der Waals surface area contributed by atoms with Gasteiger partial charge in [-0.2, -0.15) is 0 Å². The number of fused-ring (bicyclic) bond motifs is 1. The maximum absolute atomic E-state index is 10.4. The Morgan fingerprint density at radius 3 is 2.20 bits per heavy atom. The van der Waals surface area contributed by atoms with E-state index in [2.05, 4.69) is 12.2 Å². The molecule has 0 saturated carbocycles. The van der Waals surface area contributed by atoms with Crippen molar-refractivity contribution in [2.75, 3.05) is 33.2 Å². The van der Waals surface area contributed by atoms with Gasteiger partial charge in [0, 0.05) is 36.3 Å². The lowest BCUT2D eigenvalue weighted by molar-refractivity contribution is 0.0584. The van der Waals surface area contributed by atoms with Crippen molar-refractivity contribution in [2.24, 2.45) is 0 Å². The molecule has 2 aromatic rings. The van der Waals surface area contributed by atoms with Crippen molar-refractivity contribution in [1.29, 1.82) is 0 Å². The van der Waals surface area contributed by atoms with E-state index in [0.29, 0.717) is 23.0 Å². The van der Waals surface area contributed by atoms with Crippen molar-refractivity contribution in [3.8, 4) is 28.7 Å². The Hall–Kier alpha value is -2.76. The maximum atomic E-state index is 10.4. The third-order valence-corrected chi connectivity index (χ3v) is 6.24. The molecule has 6 nitrogen and oxygen atoms in total. The molecule has 0 saturated heterocycles. The summed E-state index contributed by atoms with van der Waals surface area (Å²) in [4.78, 5) is 0. The maximum Gasteiger partial charge on any atom is 0.203 e. The van der Waals surface area contributed by atoms with Gasteiger partial charge in [0.2, 0.25) is 5.75 Å². The number of nitrogens with one attached hydrogen (secondary N) is 1. The monoisotopic (exact) mass is 415 g/mol. The molecule has 0 spiro atoms. The number of methoxy groups -OCH3 is 3. The molecule has 0 amide bonds. The number of hydrogen-bond donors (Lipinski definition) is 2. The van der Waals surface area contributed by atoms with Gasteiger partial charge >= 0.3 is 0 Å². The number of phenols is 1. The topological polar surface area (TPSA) is 69.2 Å². The third kappa shape index (κ3) is 3.95. The van der Waals surface area contributed by atoms with Crippen LogP contribution >= 0.6 is 0 Å². The summed E-state index contributed by atoms with van der Waals surface area (Å²) in [5, 5.41) is 13.8. The number of benzene rings is 2. The molecule has 1 atom stereocenters. The summed E-state index contributed by atoms with van der Waals surface area (Å²) >= 11 is 0. The molecule has 0 radical (unpaired) electrons. The molecule has 1 aliphatic heterocycles. The summed E-state index contributed by atoms with van der Waals surface area (Å²) in [6.07, 6.45) is 2.64. The van der Waals surface area contributed by atoms with Gasteiger partial charge in [0.25, 0.3) is 0 Å². The lowest BCUT2D eigenvalue weighted by Crippen LogP contribution is -2.38. The van der Waals surface area contributed by atoms with E-state index in [-0.39, 0.29) is 5.60 Å². The van der Waals surface area contributed by atoms with Crippen LogP contribution in [-0.2, 0) is 6.42 Å². The fourth-order valence-corrected chi connectivity index (χ4v) is 4.13. The van der Waals surface area contributed by atoms with Gasteiger partial charge in [0.15, 0.2) is 11.5 Å². The molecule has 0 aliphatic carbocycles. The van der Waals surface area contributed by atoms with Gasteiger partial charge in [-0.25, -0.2) is 0 Å². The van der Waals surface area contributed by atoms with Crippen LogP contribution in [0.15, 0.2) is 12.1 Å². The van der Waals surface area contributed by atoms with E-state index in [0.717, 1.165) is 59.5 Å². The van der Waals surface area contributed by atoms with E-state index in [4.69, 9.17) is 18.9 Å². The zero-order valence-corrected chi connectivity index (χ0v) is 19.1. The fourth-order valence-electron chi connectivity index (χ4n) is 4.13. The van der Waals surface area contributed by atoms with E-state index in [1.807, 2.05) is 32.9 Å². The molecule has 3 rings (SSSR count). The van der Waals surface area contributed by atoms with Crippen molar-refractivity contribution in [3.63, 3.8) is 0 Å². The van der Waals surface area contributed by atoms with Gasteiger partial charge in [-0.05, 0) is 57.2 Å². The highest BCUT2D eigenvalue weighted by atomic mass is 16.5. The Morgan fingerprint density at radius 1 is 1.00 bits per heavy atom. The summed E-state index contributed by atoms with van der Waals surface area (Å²) in [5.41, 5.74) is 4.61. The second-order valence-electron chi connectivity index (χ2n) is 8.17. The van der Waals surface area contributed by atoms with Crippen LogP contribution in [0.25, 0.3) is 0 Å². The Bertz CT molecular complexity index is 915. The summed E-state index contributed by atoms with van der Waals surface area (Å²) in [7, 11) is 4.82. The zero-order chi connectivity index (χ0) is 22.1. The van der Waals surface area contributed by atoms with Crippen LogP contribution in [0.5, 0.6) is 28.7 Å². The largest absolute Gasteiger partial charge is 0.507 e. The van der Waals surface area contributed by atoms with E-state index >= 15 is 0 Å². The summed E-state index contributed by atoms with van der Waals surface area (Å²) in [6.45, 7) is 8.83. The first-order valence-electron chi connectivity index (χ1n) is 10.3. The molecular weight excluding hydrogens is 382 g/mol. The number of ether oxygens (including phenoxy) is 4. The molecule has 0 aromatic heterocycles. The Morgan fingerprint density at radius 2 is 1.63 bits per heavy atom. The van der Waals surface area contributed by atoms with Gasteiger partial charge in [-0.1, -0.05) is 0 Å². The number of rotatable bonds is 7. The first-order valence-corrected chi connectivity index (χ1v) is 10.3. The van der Waals surface area contributed by atoms with Crippen LogP contribution < -0.4 is 24.3 Å². The second-order valence-corrected chi connectivity index (χ2v) is 8.17. The average Bonchev–Trinajstić information content (AvgIpc) is 2.75. The third-order valence-electron chi connectivity index (χ3n) is 6.24. The summed E-state index contributed by atoms with van der Waals surface area (Å²) in [5.74, 6) is 3.14. The van der Waals surface area contributed by atoms with Crippen LogP contribution in [0, 0.1) is 20.8 Å². The van der Waals surface area contributed by atoms with Gasteiger partial charge in [0.05, 0.1) is 21.3 Å². The minimum Gasteiger partial charge on any atom is -0.507 e. The van der Waals surface area contributed by atoms with Crippen LogP contribution in [-0.4, -0.2) is 38.6 Å². The van der Waals surface area contributed by atoms with Crippen LogP contribution in [0.1, 0.15) is 42.0 Å². The highest BCUT2D eigenvalue weighted by molar-refractivity contribution is 5.62. The van der Waals surface area contributed by atoms with Gasteiger partial charge < -0.3 is 29.4 Å². The predicted molar refractivity (Wildman–Crippen MR) is 119 cm³/mol. The Balaban J connectivity index is 1.73. The zero-order valence-electron chi connectivity index (χ0n) is 19.1. The van der Waals surface area contributed by atoms with E-state index in [9.17, 15) is 5.11 Å². The SMILES string of the molecule is COc1cc(NCCC2(C)CCc3c(C)c(O)c(C)c(C)c3O2)cc(OC)c1OC. The van der Waals surface area contributed by atoms with Crippen molar-refractivity contribution in [3.05, 3.63) is 34.4 Å². The molecule has 164 valence electrons. The van der Waals surface area contributed by atoms with Crippen molar-refractivity contribution in [1.82, 2.24) is 0 Å². The molecular formula is C24H33NO5. The Labute approximate surface area is 179 Å². The number of hydrogen-bond acceptors (Lipinski definition) is 6. The molecule has 0 fully saturated rings. The quantitative estimate of drug-likeness (QED) is 0.668. The molecule has 2 aromatic carbocycles. The van der Waals surface area contributed by atoms with Crippen LogP contribution in [0.4, 0.5) is 5.69 Å². The molecule has 6 heteroatoms. The average molecular weight is 416 g/mol. The molecule has 1 unspecified atom stereocenters. The molecule has 0 bridgehead atoms. The standard InChI is InChI=1S/C24H33NO5/c1-14-15(2)22-18(16(3)21(14)26)8-9-24(4,30-22)10-11-25-17-12-19(27-5)23(29-7)20(13-17)28-6/h12-13,25-26H,8-11H2,1-7H3. The van der Waals surface area contributed by atoms with Crippen LogP contribution in [0.3, 0.4) is 0 Å². The Kier molecular flexibility index (Phi) is 6.25. The minimum atomic E-state index is -0.277. The molecule has 2 N–H and O–H groups in total. The lowest BCUT2D eigenvalue weighted by Gasteiger charge is -2.38. The first kappa shape index (κ1) is 21.9. The van der Waals surface area contributed by atoms with Crippen molar-refractivity contribution >= 4 is 5.69 Å². The van der Waals surface area contributed by atoms with E-state index in [1.165, 1.54) is 0 Å². The second kappa shape index (κ2) is 8.54. The highest BCUT2D eigenvalue weighted by Gasteiger charge is 2.34. The predicted octanol–water partition coefficient (Wildman–Crippen LogP) is 4.93. The molecule has 1 aliphatic rings. The van der Waals surface area contributed by atoms with Gasteiger partial charge in [0.1, 0.15) is 17.1 Å². The number of anilines is 1. The molecule has 30 heavy (non-hydrogen) atoms.